The van der Waals surface area contributed by atoms with Crippen LogP contribution in [0.2, 0.25) is 0 Å². The Hall–Kier alpha value is -0.840. The highest BCUT2D eigenvalue weighted by molar-refractivity contribution is 9.09. The van der Waals surface area contributed by atoms with Crippen molar-refractivity contribution in [2.45, 2.75) is 17.7 Å². The monoisotopic (exact) mass is 257 g/mol. The van der Waals surface area contributed by atoms with E-state index in [4.69, 9.17) is 0 Å². The molecule has 1 atom stereocenters. The molecule has 1 saturated heterocycles. The first-order valence-electron chi connectivity index (χ1n) is 4.70. The van der Waals surface area contributed by atoms with Gasteiger partial charge in [0.2, 0.25) is 0 Å². The highest BCUT2D eigenvalue weighted by Gasteiger charge is 2.23. The number of hydrogen-bond donors (Lipinski definition) is 1. The zero-order valence-electron chi connectivity index (χ0n) is 7.74. The SMILES string of the molecule is O=C(c1ccn[nH]1)N1CCCC(Br)C1. The maximum atomic E-state index is 11.8. The van der Waals surface area contributed by atoms with Gasteiger partial charge in [0.25, 0.3) is 5.91 Å². The average molecular weight is 258 g/mol. The molecule has 2 rings (SSSR count). The molecule has 14 heavy (non-hydrogen) atoms. The summed E-state index contributed by atoms with van der Waals surface area (Å²) in [5.41, 5.74) is 0.576. The van der Waals surface area contributed by atoms with Crippen LogP contribution < -0.4 is 0 Å². The van der Waals surface area contributed by atoms with Crippen LogP contribution in [0.15, 0.2) is 12.3 Å². The van der Waals surface area contributed by atoms with Crippen molar-refractivity contribution < 1.29 is 4.79 Å². The molecule has 1 aromatic rings. The predicted octanol–water partition coefficient (Wildman–Crippen LogP) is 1.41. The van der Waals surface area contributed by atoms with Gasteiger partial charge in [-0.05, 0) is 18.9 Å². The van der Waals surface area contributed by atoms with E-state index in [1.54, 1.807) is 12.3 Å². The summed E-state index contributed by atoms with van der Waals surface area (Å²) in [4.78, 5) is 14.1. The van der Waals surface area contributed by atoms with Crippen molar-refractivity contribution in [3.05, 3.63) is 18.0 Å². The molecule has 0 radical (unpaired) electrons. The van der Waals surface area contributed by atoms with Crippen molar-refractivity contribution in [1.29, 1.82) is 0 Å². The average Bonchev–Trinajstić information content (AvgIpc) is 2.69. The zero-order chi connectivity index (χ0) is 9.97. The van der Waals surface area contributed by atoms with E-state index in [0.29, 0.717) is 10.5 Å². The fraction of sp³-hybridized carbons (Fsp3) is 0.556. The van der Waals surface area contributed by atoms with Crippen molar-refractivity contribution in [2.24, 2.45) is 0 Å². The largest absolute Gasteiger partial charge is 0.336 e. The molecule has 0 aliphatic carbocycles. The molecule has 76 valence electrons. The Morgan fingerprint density at radius 1 is 1.71 bits per heavy atom. The summed E-state index contributed by atoms with van der Waals surface area (Å²) in [6, 6.07) is 1.71. The van der Waals surface area contributed by atoms with Gasteiger partial charge in [-0.2, -0.15) is 5.10 Å². The number of aromatic amines is 1. The first-order valence-corrected chi connectivity index (χ1v) is 5.61. The molecule has 1 unspecified atom stereocenters. The summed E-state index contributed by atoms with van der Waals surface area (Å²) in [7, 11) is 0. The van der Waals surface area contributed by atoms with Gasteiger partial charge >= 0.3 is 0 Å². The molecular formula is C9H12BrN3O. The van der Waals surface area contributed by atoms with Crippen LogP contribution in [-0.4, -0.2) is 38.9 Å². The normalized spacial score (nSPS) is 22.4. The molecule has 0 spiro atoms. The lowest BCUT2D eigenvalue weighted by atomic mass is 10.1. The molecule has 0 aromatic carbocycles. The quantitative estimate of drug-likeness (QED) is 0.774. The third kappa shape index (κ3) is 1.97. The van der Waals surface area contributed by atoms with Crippen LogP contribution >= 0.6 is 15.9 Å². The van der Waals surface area contributed by atoms with Crippen LogP contribution in [-0.2, 0) is 0 Å². The minimum Gasteiger partial charge on any atom is -0.336 e. The number of piperidine rings is 1. The molecule has 0 bridgehead atoms. The summed E-state index contributed by atoms with van der Waals surface area (Å²) in [6.45, 7) is 1.64. The third-order valence-electron chi connectivity index (χ3n) is 2.38. The number of alkyl halides is 1. The smallest absolute Gasteiger partial charge is 0.271 e. The summed E-state index contributed by atoms with van der Waals surface area (Å²) in [5, 5.41) is 6.47. The van der Waals surface area contributed by atoms with E-state index < -0.39 is 0 Å². The van der Waals surface area contributed by atoms with Gasteiger partial charge in [0.1, 0.15) is 5.69 Å². The van der Waals surface area contributed by atoms with Crippen molar-refractivity contribution >= 4 is 21.8 Å². The number of carbonyl (C=O) groups is 1. The Kier molecular flexibility index (Phi) is 2.86. The van der Waals surface area contributed by atoms with Gasteiger partial charge in [-0.3, -0.25) is 9.89 Å². The number of nitrogens with zero attached hydrogens (tertiary/aromatic N) is 2. The number of hydrogen-bond acceptors (Lipinski definition) is 2. The second-order valence-electron chi connectivity index (χ2n) is 3.46. The molecular weight excluding hydrogens is 246 g/mol. The zero-order valence-corrected chi connectivity index (χ0v) is 9.33. The van der Waals surface area contributed by atoms with Crippen molar-refractivity contribution in [1.82, 2.24) is 15.1 Å². The van der Waals surface area contributed by atoms with Gasteiger partial charge in [0, 0.05) is 24.1 Å². The van der Waals surface area contributed by atoms with Crippen LogP contribution in [0.3, 0.4) is 0 Å². The highest BCUT2D eigenvalue weighted by Crippen LogP contribution is 2.18. The molecule has 1 fully saturated rings. The molecule has 5 heteroatoms. The van der Waals surface area contributed by atoms with Gasteiger partial charge in [-0.1, -0.05) is 15.9 Å². The molecule has 4 nitrogen and oxygen atoms in total. The number of halogens is 1. The van der Waals surface area contributed by atoms with Crippen LogP contribution in [0.5, 0.6) is 0 Å². The van der Waals surface area contributed by atoms with E-state index in [1.165, 1.54) is 0 Å². The second kappa shape index (κ2) is 4.13. The molecule has 1 aliphatic rings. The Labute approximate surface area is 90.8 Å². The second-order valence-corrected chi connectivity index (χ2v) is 4.76. The summed E-state index contributed by atoms with van der Waals surface area (Å²) in [5.74, 6) is 0.0478. The third-order valence-corrected chi connectivity index (χ3v) is 3.13. The minimum absolute atomic E-state index is 0.0478. The number of H-pyrrole nitrogens is 1. The Bertz CT molecular complexity index is 312. The van der Waals surface area contributed by atoms with Crippen molar-refractivity contribution in [3.63, 3.8) is 0 Å². The van der Waals surface area contributed by atoms with Gasteiger partial charge in [-0.25, -0.2) is 0 Å². The number of rotatable bonds is 1. The van der Waals surface area contributed by atoms with Gasteiger partial charge < -0.3 is 4.90 Å². The first kappa shape index (κ1) is 9.71. The van der Waals surface area contributed by atoms with Crippen LogP contribution in [0.1, 0.15) is 23.3 Å². The Balaban J connectivity index is 2.04. The maximum Gasteiger partial charge on any atom is 0.271 e. The summed E-state index contributed by atoms with van der Waals surface area (Å²) >= 11 is 3.54. The van der Waals surface area contributed by atoms with Crippen LogP contribution in [0.25, 0.3) is 0 Å². The molecule has 1 aromatic heterocycles. The van der Waals surface area contributed by atoms with Gasteiger partial charge in [0.05, 0.1) is 0 Å². The van der Waals surface area contributed by atoms with Gasteiger partial charge in [0.15, 0.2) is 0 Å². The number of aromatic nitrogens is 2. The summed E-state index contributed by atoms with van der Waals surface area (Å²) in [6.07, 6.45) is 3.81. The van der Waals surface area contributed by atoms with E-state index >= 15 is 0 Å². The number of carbonyl (C=O) groups excluding carboxylic acids is 1. The van der Waals surface area contributed by atoms with Crippen LogP contribution in [0, 0.1) is 0 Å². The fourth-order valence-electron chi connectivity index (χ4n) is 1.66. The highest BCUT2D eigenvalue weighted by atomic mass is 79.9. The Morgan fingerprint density at radius 2 is 2.57 bits per heavy atom. The predicted molar refractivity (Wildman–Crippen MR) is 56.4 cm³/mol. The number of nitrogens with one attached hydrogen (secondary N) is 1. The van der Waals surface area contributed by atoms with Crippen LogP contribution in [0.4, 0.5) is 0 Å². The standard InChI is InChI=1S/C9H12BrN3O/c10-7-2-1-5-13(6-7)9(14)8-3-4-11-12-8/h3-4,7H,1-2,5-6H2,(H,11,12). The van der Waals surface area contributed by atoms with Crippen molar-refractivity contribution in [2.75, 3.05) is 13.1 Å². The lowest BCUT2D eigenvalue weighted by molar-refractivity contribution is 0.0724. The van der Waals surface area contributed by atoms with E-state index in [0.717, 1.165) is 25.9 Å². The molecule has 1 amide bonds. The van der Waals surface area contributed by atoms with E-state index in [1.807, 2.05) is 4.90 Å². The fourth-order valence-corrected chi connectivity index (χ4v) is 2.33. The Morgan fingerprint density at radius 3 is 3.21 bits per heavy atom. The summed E-state index contributed by atoms with van der Waals surface area (Å²) < 4.78 is 0. The molecule has 0 saturated carbocycles. The number of likely N-dealkylation sites (tertiary alicyclic amines) is 1. The molecule has 1 aliphatic heterocycles. The minimum atomic E-state index is 0.0478. The first-order chi connectivity index (χ1) is 6.77. The molecule has 1 N–H and O–H groups in total. The van der Waals surface area contributed by atoms with Gasteiger partial charge in [-0.15, -0.1) is 0 Å². The van der Waals surface area contributed by atoms with E-state index in [-0.39, 0.29) is 5.91 Å². The lowest BCUT2D eigenvalue weighted by Gasteiger charge is -2.29. The van der Waals surface area contributed by atoms with E-state index in [2.05, 4.69) is 26.1 Å². The number of amides is 1. The van der Waals surface area contributed by atoms with Crippen molar-refractivity contribution in [3.8, 4) is 0 Å². The lowest BCUT2D eigenvalue weighted by Crippen LogP contribution is -2.40. The maximum absolute atomic E-state index is 11.8. The topological polar surface area (TPSA) is 49.0 Å². The molecule has 2 heterocycles. The van der Waals surface area contributed by atoms with E-state index in [9.17, 15) is 4.79 Å².